The summed E-state index contributed by atoms with van der Waals surface area (Å²) in [4.78, 5) is 9.01. The van der Waals surface area contributed by atoms with Gasteiger partial charge in [0.2, 0.25) is 0 Å². The molecule has 24 heavy (non-hydrogen) atoms. The molecule has 4 rings (SSSR count). The van der Waals surface area contributed by atoms with Crippen LogP contribution in [-0.4, -0.2) is 27.2 Å². The average molecular weight is 320 g/mol. The van der Waals surface area contributed by atoms with Gasteiger partial charge in [0, 0.05) is 31.0 Å². The fourth-order valence-electron chi connectivity index (χ4n) is 2.93. The lowest BCUT2D eigenvalue weighted by Gasteiger charge is -2.24. The van der Waals surface area contributed by atoms with Crippen LogP contribution in [0.4, 0.5) is 0 Å². The number of imidazole rings is 1. The monoisotopic (exact) mass is 320 g/mol. The van der Waals surface area contributed by atoms with Crippen molar-refractivity contribution < 1.29 is 4.74 Å². The molecule has 122 valence electrons. The average Bonchev–Trinajstić information content (AvgIpc) is 3.07. The molecule has 0 spiro atoms. The summed E-state index contributed by atoms with van der Waals surface area (Å²) < 4.78 is 8.13. The number of rotatable bonds is 5. The molecule has 0 bridgehead atoms. The summed E-state index contributed by atoms with van der Waals surface area (Å²) in [7, 11) is 0. The zero-order chi connectivity index (χ0) is 16.2. The molecule has 1 N–H and O–H groups in total. The Hall–Kier alpha value is -2.50. The number of nitrogens with one attached hydrogen (secondary N) is 1. The fraction of sp³-hybridized carbons (Fsp3) is 0.263. The van der Waals surface area contributed by atoms with Gasteiger partial charge >= 0.3 is 0 Å². The van der Waals surface area contributed by atoms with Crippen molar-refractivity contribution in [1.82, 2.24) is 19.9 Å². The molecule has 5 nitrogen and oxygen atoms in total. The van der Waals surface area contributed by atoms with Gasteiger partial charge in [-0.3, -0.25) is 4.98 Å². The normalized spacial score (nSPS) is 16.8. The largest absolute Gasteiger partial charge is 0.367 e. The first kappa shape index (κ1) is 15.1. The van der Waals surface area contributed by atoms with E-state index in [4.69, 9.17) is 9.72 Å². The van der Waals surface area contributed by atoms with Crippen LogP contribution in [-0.2, 0) is 24.4 Å². The molecule has 1 aliphatic rings. The van der Waals surface area contributed by atoms with Crippen molar-refractivity contribution in [2.24, 2.45) is 0 Å². The Morgan fingerprint density at radius 1 is 1.12 bits per heavy atom. The third-order valence-corrected chi connectivity index (χ3v) is 4.18. The highest BCUT2D eigenvalue weighted by atomic mass is 16.5. The number of fused-ring (bicyclic) bond motifs is 1. The second-order valence-electron chi connectivity index (χ2n) is 5.95. The van der Waals surface area contributed by atoms with E-state index in [2.05, 4.69) is 33.2 Å². The molecule has 5 heteroatoms. The maximum absolute atomic E-state index is 5.93. The van der Waals surface area contributed by atoms with Crippen molar-refractivity contribution >= 4 is 0 Å². The van der Waals surface area contributed by atoms with Crippen LogP contribution in [0.15, 0.2) is 60.9 Å². The van der Waals surface area contributed by atoms with Gasteiger partial charge in [-0.25, -0.2) is 4.98 Å². The molecule has 3 aromatic rings. The minimum Gasteiger partial charge on any atom is -0.367 e. The third-order valence-electron chi connectivity index (χ3n) is 4.18. The minimum absolute atomic E-state index is 0.152. The zero-order valence-electron chi connectivity index (χ0n) is 13.4. The van der Waals surface area contributed by atoms with Crippen LogP contribution in [0, 0.1) is 0 Å². The van der Waals surface area contributed by atoms with Gasteiger partial charge in [-0.15, -0.1) is 0 Å². The van der Waals surface area contributed by atoms with E-state index in [1.165, 1.54) is 0 Å². The van der Waals surface area contributed by atoms with E-state index in [9.17, 15) is 0 Å². The predicted molar refractivity (Wildman–Crippen MR) is 92.2 cm³/mol. The summed E-state index contributed by atoms with van der Waals surface area (Å²) in [6.07, 6.45) is 4.09. The first-order chi connectivity index (χ1) is 11.9. The van der Waals surface area contributed by atoms with Crippen molar-refractivity contribution in [3.63, 3.8) is 0 Å². The molecule has 1 aliphatic heterocycles. The van der Waals surface area contributed by atoms with Crippen LogP contribution in [0.1, 0.15) is 11.5 Å². The Kier molecular flexibility index (Phi) is 4.36. The van der Waals surface area contributed by atoms with Gasteiger partial charge in [0.15, 0.2) is 0 Å². The van der Waals surface area contributed by atoms with Gasteiger partial charge in [0.05, 0.1) is 24.0 Å². The molecular weight excluding hydrogens is 300 g/mol. The lowest BCUT2D eigenvalue weighted by Crippen LogP contribution is -2.36. The molecule has 2 aromatic heterocycles. The van der Waals surface area contributed by atoms with Crippen molar-refractivity contribution in [2.45, 2.75) is 25.8 Å². The van der Waals surface area contributed by atoms with E-state index in [-0.39, 0.29) is 6.10 Å². The first-order valence-corrected chi connectivity index (χ1v) is 8.22. The highest BCUT2D eigenvalue weighted by molar-refractivity contribution is 5.58. The molecule has 0 saturated heterocycles. The summed E-state index contributed by atoms with van der Waals surface area (Å²) in [6, 6.07) is 16.2. The van der Waals surface area contributed by atoms with Gasteiger partial charge in [-0.05, 0) is 12.1 Å². The summed E-state index contributed by atoms with van der Waals surface area (Å²) in [5.74, 6) is 0.995. The van der Waals surface area contributed by atoms with Crippen LogP contribution in [0.2, 0.25) is 0 Å². The second-order valence-corrected chi connectivity index (χ2v) is 5.95. The number of pyridine rings is 1. The Morgan fingerprint density at radius 3 is 2.83 bits per heavy atom. The third kappa shape index (κ3) is 3.37. The van der Waals surface area contributed by atoms with E-state index < -0.39 is 0 Å². The number of hydrogen-bond acceptors (Lipinski definition) is 4. The molecule has 0 unspecified atom stereocenters. The Bertz CT molecular complexity index is 786. The van der Waals surface area contributed by atoms with Crippen molar-refractivity contribution in [2.75, 3.05) is 6.54 Å². The van der Waals surface area contributed by atoms with Crippen LogP contribution in [0.5, 0.6) is 0 Å². The first-order valence-electron chi connectivity index (χ1n) is 8.22. The Morgan fingerprint density at radius 2 is 2.00 bits per heavy atom. The van der Waals surface area contributed by atoms with Crippen LogP contribution in [0.25, 0.3) is 11.3 Å². The number of ether oxygens (including phenoxy) is 1. The molecular formula is C19H20N4O. The topological polar surface area (TPSA) is 52.0 Å². The van der Waals surface area contributed by atoms with E-state index in [0.717, 1.165) is 42.4 Å². The maximum atomic E-state index is 5.93. The number of hydrogen-bond donors (Lipinski definition) is 1. The van der Waals surface area contributed by atoms with Crippen molar-refractivity contribution in [1.29, 1.82) is 0 Å². The highest BCUT2D eigenvalue weighted by Crippen LogP contribution is 2.21. The molecule has 3 heterocycles. The number of aromatic nitrogens is 3. The molecule has 0 saturated carbocycles. The van der Waals surface area contributed by atoms with Gasteiger partial charge < -0.3 is 14.6 Å². The van der Waals surface area contributed by atoms with Crippen molar-refractivity contribution in [3.05, 3.63) is 72.4 Å². The van der Waals surface area contributed by atoms with Gasteiger partial charge in [-0.1, -0.05) is 36.4 Å². The molecule has 0 aliphatic carbocycles. The Balaban J connectivity index is 1.36. The van der Waals surface area contributed by atoms with Gasteiger partial charge in [0.1, 0.15) is 12.4 Å². The predicted octanol–water partition coefficient (Wildman–Crippen LogP) is 2.63. The molecule has 0 radical (unpaired) electrons. The van der Waals surface area contributed by atoms with Crippen LogP contribution < -0.4 is 5.32 Å². The fourth-order valence-corrected chi connectivity index (χ4v) is 2.93. The lowest BCUT2D eigenvalue weighted by atomic mass is 10.2. The standard InChI is InChI=1S/C19H20N4O/c1-2-6-15(7-3-1)18-13-23-12-17(24-14-19(23)22-18)11-20-10-16-8-4-5-9-21-16/h1-9,13,17,20H,10-12,14H2/t17-/m0/s1. The van der Waals surface area contributed by atoms with E-state index >= 15 is 0 Å². The van der Waals surface area contributed by atoms with Gasteiger partial charge in [0.25, 0.3) is 0 Å². The van der Waals surface area contributed by atoms with Crippen LogP contribution in [0.3, 0.4) is 0 Å². The molecule has 0 amide bonds. The van der Waals surface area contributed by atoms with Gasteiger partial charge in [-0.2, -0.15) is 0 Å². The molecule has 1 aromatic carbocycles. The summed E-state index contributed by atoms with van der Waals surface area (Å²) >= 11 is 0. The lowest BCUT2D eigenvalue weighted by molar-refractivity contribution is 0.00274. The number of benzene rings is 1. The summed E-state index contributed by atoms with van der Waals surface area (Å²) in [5.41, 5.74) is 3.20. The maximum Gasteiger partial charge on any atom is 0.135 e. The molecule has 0 fully saturated rings. The zero-order valence-corrected chi connectivity index (χ0v) is 13.4. The highest BCUT2D eigenvalue weighted by Gasteiger charge is 2.21. The molecule has 1 atom stereocenters. The van der Waals surface area contributed by atoms with E-state index in [0.29, 0.717) is 6.61 Å². The summed E-state index contributed by atoms with van der Waals surface area (Å²) in [6.45, 7) is 2.94. The van der Waals surface area contributed by atoms with E-state index in [1.807, 2.05) is 42.6 Å². The van der Waals surface area contributed by atoms with Crippen LogP contribution >= 0.6 is 0 Å². The number of nitrogens with zero attached hydrogens (tertiary/aromatic N) is 3. The smallest absolute Gasteiger partial charge is 0.135 e. The Labute approximate surface area is 141 Å². The summed E-state index contributed by atoms with van der Waals surface area (Å²) in [5, 5.41) is 3.42. The van der Waals surface area contributed by atoms with Crippen molar-refractivity contribution in [3.8, 4) is 11.3 Å². The second kappa shape index (κ2) is 6.95. The minimum atomic E-state index is 0.152. The van der Waals surface area contributed by atoms with E-state index in [1.54, 1.807) is 0 Å². The quantitative estimate of drug-likeness (QED) is 0.785. The SMILES string of the molecule is c1ccc(-c2cn3c(n2)CO[C@@H](CNCc2ccccn2)C3)cc1.